The molecule has 5 nitrogen and oxygen atoms in total. The van der Waals surface area contributed by atoms with Crippen LogP contribution in [0.3, 0.4) is 0 Å². The third-order valence-electron chi connectivity index (χ3n) is 4.17. The molecule has 1 aromatic carbocycles. The van der Waals surface area contributed by atoms with Gasteiger partial charge in [0, 0.05) is 17.3 Å². The molecule has 0 bridgehead atoms. The summed E-state index contributed by atoms with van der Waals surface area (Å²) in [6.07, 6.45) is 5.40. The van der Waals surface area contributed by atoms with Crippen LogP contribution in [0, 0.1) is 0 Å². The van der Waals surface area contributed by atoms with Crippen LogP contribution in [0.1, 0.15) is 18.5 Å². The van der Waals surface area contributed by atoms with Crippen molar-refractivity contribution < 1.29 is 8.42 Å². The van der Waals surface area contributed by atoms with Crippen molar-refractivity contribution in [1.82, 2.24) is 13.7 Å². The monoisotopic (exact) mass is 361 g/mol. The number of hydrogen-bond donors (Lipinski definition) is 0. The summed E-state index contributed by atoms with van der Waals surface area (Å²) in [5.41, 5.74) is 1.66. The number of sulfonamides is 1. The highest BCUT2D eigenvalue weighted by atomic mass is 35.5. The van der Waals surface area contributed by atoms with Crippen molar-refractivity contribution in [2.75, 3.05) is 0 Å². The van der Waals surface area contributed by atoms with Crippen LogP contribution >= 0.6 is 11.6 Å². The Kier molecular flexibility index (Phi) is 3.83. The van der Waals surface area contributed by atoms with E-state index in [0.717, 1.165) is 24.2 Å². The Morgan fingerprint density at radius 1 is 1.21 bits per heavy atom. The molecule has 0 unspecified atom stereocenters. The van der Waals surface area contributed by atoms with Crippen LogP contribution in [-0.4, -0.2) is 28.1 Å². The van der Waals surface area contributed by atoms with Gasteiger partial charge in [-0.1, -0.05) is 23.7 Å². The zero-order valence-corrected chi connectivity index (χ0v) is 14.4. The van der Waals surface area contributed by atoms with Gasteiger partial charge in [-0.15, -0.1) is 0 Å². The minimum absolute atomic E-state index is 0.0447. The number of rotatable bonds is 5. The maximum absolute atomic E-state index is 13.1. The molecule has 0 atom stereocenters. The van der Waals surface area contributed by atoms with E-state index < -0.39 is 10.0 Å². The molecule has 24 heavy (non-hydrogen) atoms. The molecule has 0 N–H and O–H groups in total. The first-order chi connectivity index (χ1) is 11.6. The molecule has 0 spiro atoms. The molecule has 1 aliphatic rings. The van der Waals surface area contributed by atoms with Gasteiger partial charge in [-0.3, -0.25) is 0 Å². The lowest BCUT2D eigenvalue weighted by atomic mass is 10.4. The summed E-state index contributed by atoms with van der Waals surface area (Å²) in [5.74, 6) is 0. The van der Waals surface area contributed by atoms with Crippen LogP contribution in [-0.2, 0) is 16.6 Å². The van der Waals surface area contributed by atoms with Crippen LogP contribution in [0.5, 0.6) is 0 Å². The van der Waals surface area contributed by atoms with Crippen LogP contribution < -0.4 is 0 Å². The van der Waals surface area contributed by atoms with Crippen molar-refractivity contribution >= 4 is 27.3 Å². The molecule has 0 aliphatic heterocycles. The molecule has 1 aliphatic carbocycles. The van der Waals surface area contributed by atoms with Crippen molar-refractivity contribution in [3.05, 3.63) is 65.6 Å². The van der Waals surface area contributed by atoms with Gasteiger partial charge in [-0.05, 0) is 43.2 Å². The fourth-order valence-corrected chi connectivity index (χ4v) is 4.76. The van der Waals surface area contributed by atoms with Gasteiger partial charge in [-0.2, -0.15) is 4.31 Å². The largest absolute Gasteiger partial charge is 0.303 e. The number of pyridine rings is 1. The average molecular weight is 362 g/mol. The molecule has 0 radical (unpaired) electrons. The van der Waals surface area contributed by atoms with Crippen LogP contribution in [0.15, 0.2) is 59.8 Å². The Labute approximate surface area is 145 Å². The molecule has 124 valence electrons. The number of benzene rings is 1. The predicted octanol–water partition coefficient (Wildman–Crippen LogP) is 3.34. The Balaban J connectivity index is 1.72. The minimum atomic E-state index is -3.60. The first kappa shape index (κ1) is 15.6. The molecule has 2 heterocycles. The topological polar surface area (TPSA) is 54.7 Å². The normalized spacial score (nSPS) is 15.2. The number of aromatic nitrogens is 2. The Bertz CT molecular complexity index is 996. The highest BCUT2D eigenvalue weighted by Gasteiger charge is 2.38. The molecule has 4 rings (SSSR count). The lowest BCUT2D eigenvalue weighted by molar-refractivity contribution is 0.393. The van der Waals surface area contributed by atoms with E-state index in [2.05, 4.69) is 4.98 Å². The zero-order valence-electron chi connectivity index (χ0n) is 12.8. The van der Waals surface area contributed by atoms with Gasteiger partial charge >= 0.3 is 0 Å². The fraction of sp³-hybridized carbons (Fsp3) is 0.235. The summed E-state index contributed by atoms with van der Waals surface area (Å²) in [7, 11) is -3.60. The van der Waals surface area contributed by atoms with E-state index in [9.17, 15) is 8.42 Å². The summed E-state index contributed by atoms with van der Waals surface area (Å²) in [6.45, 7) is 0.296. The third-order valence-corrected chi connectivity index (χ3v) is 6.30. The van der Waals surface area contributed by atoms with E-state index >= 15 is 0 Å². The standard InChI is InChI=1S/C17H16ClN3O2S/c18-13-4-3-5-16(10-13)24(22,23)21(14-7-8-14)12-15-11-19-17-6-1-2-9-20(15)17/h1-6,9-11,14H,7-8,12H2. The smallest absolute Gasteiger partial charge is 0.243 e. The quantitative estimate of drug-likeness (QED) is 0.700. The van der Waals surface area contributed by atoms with Gasteiger partial charge in [0.2, 0.25) is 10.0 Å². The van der Waals surface area contributed by atoms with Gasteiger partial charge < -0.3 is 4.40 Å². The summed E-state index contributed by atoms with van der Waals surface area (Å²) >= 11 is 5.97. The third kappa shape index (κ3) is 2.81. The molecule has 2 aromatic heterocycles. The maximum atomic E-state index is 13.1. The van der Waals surface area contributed by atoms with Crippen molar-refractivity contribution in [2.24, 2.45) is 0 Å². The molecule has 0 amide bonds. The summed E-state index contributed by atoms with van der Waals surface area (Å²) in [6, 6.07) is 12.2. The average Bonchev–Trinajstić information content (AvgIpc) is 3.33. The molecular formula is C17H16ClN3O2S. The second kappa shape index (κ2) is 5.88. The Hall–Kier alpha value is -1.89. The van der Waals surface area contributed by atoms with E-state index in [1.807, 2.05) is 28.8 Å². The second-order valence-corrected chi connectivity index (χ2v) is 8.24. The summed E-state index contributed by atoms with van der Waals surface area (Å²) in [4.78, 5) is 4.57. The van der Waals surface area contributed by atoms with E-state index in [1.54, 1.807) is 28.7 Å². The molecule has 1 saturated carbocycles. The first-order valence-corrected chi connectivity index (χ1v) is 9.56. The molecule has 0 saturated heterocycles. The highest BCUT2D eigenvalue weighted by molar-refractivity contribution is 7.89. The van der Waals surface area contributed by atoms with Gasteiger partial charge in [0.1, 0.15) is 5.65 Å². The van der Waals surface area contributed by atoms with Crippen molar-refractivity contribution in [1.29, 1.82) is 0 Å². The van der Waals surface area contributed by atoms with E-state index in [0.29, 0.717) is 11.6 Å². The lowest BCUT2D eigenvalue weighted by Crippen LogP contribution is -2.33. The van der Waals surface area contributed by atoms with Crippen LogP contribution in [0.25, 0.3) is 5.65 Å². The minimum Gasteiger partial charge on any atom is -0.303 e. The number of nitrogens with zero attached hydrogens (tertiary/aromatic N) is 3. The SMILES string of the molecule is O=S(=O)(c1cccc(Cl)c1)N(Cc1cnc2ccccn12)C1CC1. The van der Waals surface area contributed by atoms with Crippen molar-refractivity contribution in [3.8, 4) is 0 Å². The number of imidazole rings is 1. The van der Waals surface area contributed by atoms with E-state index in [-0.39, 0.29) is 10.9 Å². The van der Waals surface area contributed by atoms with Gasteiger partial charge in [0.05, 0.1) is 23.3 Å². The highest BCUT2D eigenvalue weighted by Crippen LogP contribution is 2.34. The van der Waals surface area contributed by atoms with Gasteiger partial charge in [0.15, 0.2) is 0 Å². The van der Waals surface area contributed by atoms with E-state index in [4.69, 9.17) is 11.6 Å². The maximum Gasteiger partial charge on any atom is 0.243 e. The second-order valence-electron chi connectivity index (χ2n) is 5.92. The number of fused-ring (bicyclic) bond motifs is 1. The summed E-state index contributed by atoms with van der Waals surface area (Å²) in [5, 5.41) is 0.418. The van der Waals surface area contributed by atoms with Crippen LogP contribution in [0.4, 0.5) is 0 Å². The summed E-state index contributed by atoms with van der Waals surface area (Å²) < 4.78 is 29.6. The van der Waals surface area contributed by atoms with Crippen molar-refractivity contribution in [3.63, 3.8) is 0 Å². The predicted molar refractivity (Wildman–Crippen MR) is 92.4 cm³/mol. The Morgan fingerprint density at radius 3 is 2.79 bits per heavy atom. The van der Waals surface area contributed by atoms with Crippen molar-refractivity contribution in [2.45, 2.75) is 30.3 Å². The van der Waals surface area contributed by atoms with Gasteiger partial charge in [0.25, 0.3) is 0 Å². The van der Waals surface area contributed by atoms with Crippen LogP contribution in [0.2, 0.25) is 5.02 Å². The van der Waals surface area contributed by atoms with Gasteiger partial charge in [-0.25, -0.2) is 13.4 Å². The Morgan fingerprint density at radius 2 is 2.04 bits per heavy atom. The lowest BCUT2D eigenvalue weighted by Gasteiger charge is -2.21. The first-order valence-electron chi connectivity index (χ1n) is 7.74. The molecular weight excluding hydrogens is 346 g/mol. The molecule has 3 aromatic rings. The molecule has 7 heteroatoms. The number of halogens is 1. The number of hydrogen-bond acceptors (Lipinski definition) is 3. The fourth-order valence-electron chi connectivity index (χ4n) is 2.80. The van der Waals surface area contributed by atoms with E-state index in [1.165, 1.54) is 6.07 Å². The zero-order chi connectivity index (χ0) is 16.7. The molecule has 1 fully saturated rings.